The van der Waals surface area contributed by atoms with Crippen molar-refractivity contribution < 1.29 is 18.7 Å². The lowest BCUT2D eigenvalue weighted by atomic mass is 10.1. The van der Waals surface area contributed by atoms with E-state index in [0.717, 1.165) is 10.5 Å². The number of ether oxygens (including phenoxy) is 2. The van der Waals surface area contributed by atoms with Crippen molar-refractivity contribution in [2.75, 3.05) is 13.7 Å². The van der Waals surface area contributed by atoms with Gasteiger partial charge in [-0.15, -0.1) is 0 Å². The third-order valence-electron chi connectivity index (χ3n) is 2.63. The van der Waals surface area contributed by atoms with E-state index in [4.69, 9.17) is 9.47 Å². The highest BCUT2D eigenvalue weighted by molar-refractivity contribution is 9.10. The molecule has 0 aliphatic rings. The summed E-state index contributed by atoms with van der Waals surface area (Å²) in [6.45, 7) is -0.184. The minimum absolute atomic E-state index is 0.169. The van der Waals surface area contributed by atoms with Gasteiger partial charge >= 0.3 is 0 Å². The molecule has 5 heteroatoms. The van der Waals surface area contributed by atoms with Gasteiger partial charge in [0.1, 0.15) is 17.3 Å². The third-order valence-corrected chi connectivity index (χ3v) is 3.12. The number of carbonyl (C=O) groups excluding carboxylic acids is 1. The van der Waals surface area contributed by atoms with E-state index in [1.165, 1.54) is 19.2 Å². The van der Waals surface area contributed by atoms with E-state index in [2.05, 4.69) is 15.9 Å². The smallest absolute Gasteiger partial charge is 0.204 e. The molecule has 0 fully saturated rings. The van der Waals surface area contributed by atoms with Gasteiger partial charge in [-0.2, -0.15) is 0 Å². The van der Waals surface area contributed by atoms with Gasteiger partial charge in [-0.1, -0.05) is 22.0 Å². The molecule has 2 rings (SSSR count). The maximum absolute atomic E-state index is 13.2. The van der Waals surface area contributed by atoms with Crippen molar-refractivity contribution in [3.8, 4) is 11.5 Å². The summed E-state index contributed by atoms with van der Waals surface area (Å²) < 4.78 is 24.5. The molecular formula is C15H12BrFO3. The van der Waals surface area contributed by atoms with E-state index in [1.807, 2.05) is 6.07 Å². The first-order valence-electron chi connectivity index (χ1n) is 5.85. The molecule has 0 spiro atoms. The van der Waals surface area contributed by atoms with Gasteiger partial charge in [0, 0.05) is 4.47 Å². The van der Waals surface area contributed by atoms with E-state index in [1.54, 1.807) is 18.2 Å². The molecule has 0 amide bonds. The van der Waals surface area contributed by atoms with Crippen LogP contribution in [0.5, 0.6) is 11.5 Å². The van der Waals surface area contributed by atoms with Crippen LogP contribution in [0.3, 0.4) is 0 Å². The Hall–Kier alpha value is -1.88. The molecule has 0 aliphatic heterocycles. The molecule has 104 valence electrons. The molecule has 2 aromatic carbocycles. The first-order valence-corrected chi connectivity index (χ1v) is 6.64. The molecule has 0 bridgehead atoms. The van der Waals surface area contributed by atoms with Crippen LogP contribution in [0.1, 0.15) is 10.4 Å². The Morgan fingerprint density at radius 3 is 2.75 bits per heavy atom. The average molecular weight is 339 g/mol. The molecule has 3 nitrogen and oxygen atoms in total. The fourth-order valence-corrected chi connectivity index (χ4v) is 2.06. The molecular weight excluding hydrogens is 327 g/mol. The Bertz CT molecular complexity index is 628. The van der Waals surface area contributed by atoms with E-state index in [0.29, 0.717) is 11.5 Å². The lowest BCUT2D eigenvalue weighted by molar-refractivity contribution is 0.0918. The summed E-state index contributed by atoms with van der Waals surface area (Å²) in [5, 5.41) is 0. The van der Waals surface area contributed by atoms with Gasteiger partial charge in [-0.3, -0.25) is 4.79 Å². The van der Waals surface area contributed by atoms with Gasteiger partial charge in [-0.25, -0.2) is 4.39 Å². The number of ketones is 1. The average Bonchev–Trinajstić information content (AvgIpc) is 2.45. The second-order valence-corrected chi connectivity index (χ2v) is 4.93. The molecule has 0 saturated heterocycles. The minimum atomic E-state index is -0.489. The summed E-state index contributed by atoms with van der Waals surface area (Å²) in [4.78, 5) is 12.1. The lowest BCUT2D eigenvalue weighted by Crippen LogP contribution is -2.13. The standard InChI is InChI=1S/C15H12BrFO3/c1-19-15-6-5-11(17)8-13(15)14(18)9-20-12-4-2-3-10(16)7-12/h2-8H,9H2,1H3. The summed E-state index contributed by atoms with van der Waals surface area (Å²) in [7, 11) is 1.43. The summed E-state index contributed by atoms with van der Waals surface area (Å²) in [5.41, 5.74) is 0.169. The van der Waals surface area contributed by atoms with Crippen molar-refractivity contribution in [1.82, 2.24) is 0 Å². The molecule has 2 aromatic rings. The van der Waals surface area contributed by atoms with Crippen LogP contribution in [0.4, 0.5) is 4.39 Å². The van der Waals surface area contributed by atoms with Crippen molar-refractivity contribution in [2.24, 2.45) is 0 Å². The number of hydrogen-bond acceptors (Lipinski definition) is 3. The number of benzene rings is 2. The van der Waals surface area contributed by atoms with Crippen LogP contribution in [0.2, 0.25) is 0 Å². The summed E-state index contributed by atoms with van der Waals surface area (Å²) in [5.74, 6) is 0.0512. The van der Waals surface area contributed by atoms with E-state index in [-0.39, 0.29) is 18.0 Å². The Balaban J connectivity index is 2.10. The Morgan fingerprint density at radius 1 is 1.25 bits per heavy atom. The Morgan fingerprint density at radius 2 is 2.05 bits per heavy atom. The number of halogens is 2. The third kappa shape index (κ3) is 3.57. The van der Waals surface area contributed by atoms with Crippen LogP contribution in [-0.2, 0) is 0 Å². The van der Waals surface area contributed by atoms with Crippen LogP contribution in [0.15, 0.2) is 46.9 Å². The predicted molar refractivity (Wildman–Crippen MR) is 76.9 cm³/mol. The van der Waals surface area contributed by atoms with Gasteiger partial charge in [0.15, 0.2) is 6.61 Å². The van der Waals surface area contributed by atoms with Crippen LogP contribution in [-0.4, -0.2) is 19.5 Å². The predicted octanol–water partition coefficient (Wildman–Crippen LogP) is 3.86. The van der Waals surface area contributed by atoms with Crippen molar-refractivity contribution in [1.29, 1.82) is 0 Å². The van der Waals surface area contributed by atoms with Gasteiger partial charge in [-0.05, 0) is 36.4 Å². The Labute approximate surface area is 124 Å². The molecule has 0 aromatic heterocycles. The maximum atomic E-state index is 13.2. The largest absolute Gasteiger partial charge is 0.496 e. The zero-order valence-electron chi connectivity index (χ0n) is 10.7. The van der Waals surface area contributed by atoms with Gasteiger partial charge < -0.3 is 9.47 Å². The normalized spacial score (nSPS) is 10.2. The Kier molecular flexibility index (Phi) is 4.74. The van der Waals surface area contributed by atoms with E-state index >= 15 is 0 Å². The van der Waals surface area contributed by atoms with Gasteiger partial charge in [0.25, 0.3) is 0 Å². The van der Waals surface area contributed by atoms with E-state index in [9.17, 15) is 9.18 Å². The number of hydrogen-bond donors (Lipinski definition) is 0. The lowest BCUT2D eigenvalue weighted by Gasteiger charge is -2.09. The van der Waals surface area contributed by atoms with Crippen molar-refractivity contribution in [3.05, 3.63) is 58.3 Å². The number of methoxy groups -OCH3 is 1. The fourth-order valence-electron chi connectivity index (χ4n) is 1.68. The minimum Gasteiger partial charge on any atom is -0.496 e. The van der Waals surface area contributed by atoms with Crippen molar-refractivity contribution in [2.45, 2.75) is 0 Å². The quantitative estimate of drug-likeness (QED) is 0.776. The SMILES string of the molecule is COc1ccc(F)cc1C(=O)COc1cccc(Br)c1. The maximum Gasteiger partial charge on any atom is 0.204 e. The fraction of sp³-hybridized carbons (Fsp3) is 0.133. The van der Waals surface area contributed by atoms with Crippen LogP contribution in [0.25, 0.3) is 0 Å². The topological polar surface area (TPSA) is 35.5 Å². The first-order chi connectivity index (χ1) is 9.60. The second kappa shape index (κ2) is 6.52. The molecule has 0 N–H and O–H groups in total. The zero-order chi connectivity index (χ0) is 14.5. The van der Waals surface area contributed by atoms with E-state index < -0.39 is 5.82 Å². The summed E-state index contributed by atoms with van der Waals surface area (Å²) >= 11 is 3.31. The van der Waals surface area contributed by atoms with Gasteiger partial charge in [0.05, 0.1) is 12.7 Å². The molecule has 20 heavy (non-hydrogen) atoms. The van der Waals surface area contributed by atoms with Crippen LogP contribution < -0.4 is 9.47 Å². The number of carbonyl (C=O) groups is 1. The van der Waals surface area contributed by atoms with Crippen molar-refractivity contribution in [3.63, 3.8) is 0 Å². The first kappa shape index (κ1) is 14.5. The van der Waals surface area contributed by atoms with Crippen LogP contribution >= 0.6 is 15.9 Å². The number of Topliss-reactive ketones (excluding diaryl/α,β-unsaturated/α-hetero) is 1. The second-order valence-electron chi connectivity index (χ2n) is 4.01. The van der Waals surface area contributed by atoms with Crippen LogP contribution in [0, 0.1) is 5.82 Å². The highest BCUT2D eigenvalue weighted by Gasteiger charge is 2.14. The molecule has 0 aliphatic carbocycles. The highest BCUT2D eigenvalue weighted by atomic mass is 79.9. The van der Waals surface area contributed by atoms with Crippen molar-refractivity contribution >= 4 is 21.7 Å². The summed E-state index contributed by atoms with van der Waals surface area (Å²) in [6.07, 6.45) is 0. The monoisotopic (exact) mass is 338 g/mol. The molecule has 0 radical (unpaired) electrons. The summed E-state index contributed by atoms with van der Waals surface area (Å²) in [6, 6.07) is 10.9. The molecule has 0 unspecified atom stereocenters. The molecule has 0 heterocycles. The number of rotatable bonds is 5. The highest BCUT2D eigenvalue weighted by Crippen LogP contribution is 2.21. The molecule has 0 atom stereocenters. The van der Waals surface area contributed by atoms with Gasteiger partial charge in [0.2, 0.25) is 5.78 Å². The molecule has 0 saturated carbocycles. The zero-order valence-corrected chi connectivity index (χ0v) is 12.3.